The van der Waals surface area contributed by atoms with Gasteiger partial charge >= 0.3 is 0 Å². The average Bonchev–Trinajstić information content (AvgIpc) is 1.82. The lowest BCUT2D eigenvalue weighted by Crippen LogP contribution is -2.41. The third-order valence-electron chi connectivity index (χ3n) is 1.59. The summed E-state index contributed by atoms with van der Waals surface area (Å²) in [5, 5.41) is 0. The van der Waals surface area contributed by atoms with Crippen molar-refractivity contribution in [2.24, 2.45) is 11.1 Å². The van der Waals surface area contributed by atoms with Crippen LogP contribution in [0.15, 0.2) is 0 Å². The zero-order valence-corrected chi connectivity index (χ0v) is 8.72. The lowest BCUT2D eigenvalue weighted by Gasteiger charge is -2.24. The molecular formula is C9H20N2O. The SMILES string of the molecule is CN(C)C(=O)[C@@H](N)CC(C)(C)C. The lowest BCUT2D eigenvalue weighted by atomic mass is 9.88. The van der Waals surface area contributed by atoms with Gasteiger partial charge in [-0.05, 0) is 11.8 Å². The Morgan fingerprint density at radius 1 is 1.42 bits per heavy atom. The maximum atomic E-state index is 11.3. The fourth-order valence-corrected chi connectivity index (χ4v) is 1.08. The van der Waals surface area contributed by atoms with Crippen LogP contribution in [0.1, 0.15) is 27.2 Å². The standard InChI is InChI=1S/C9H20N2O/c1-9(2,3)6-7(10)8(12)11(4)5/h7H,6,10H2,1-5H3/t7-/m0/s1. The minimum atomic E-state index is -0.361. The van der Waals surface area contributed by atoms with E-state index in [0.29, 0.717) is 0 Å². The van der Waals surface area contributed by atoms with Gasteiger partial charge in [0.25, 0.3) is 0 Å². The number of likely N-dealkylation sites (N-methyl/N-ethyl adjacent to an activating group) is 1. The first-order valence-electron chi connectivity index (χ1n) is 4.21. The van der Waals surface area contributed by atoms with Crippen LogP contribution >= 0.6 is 0 Å². The van der Waals surface area contributed by atoms with Crippen LogP contribution in [0.2, 0.25) is 0 Å². The highest BCUT2D eigenvalue weighted by Crippen LogP contribution is 2.20. The molecule has 0 radical (unpaired) electrons. The zero-order valence-electron chi connectivity index (χ0n) is 8.72. The van der Waals surface area contributed by atoms with E-state index in [2.05, 4.69) is 20.8 Å². The fraction of sp³-hybridized carbons (Fsp3) is 0.889. The number of rotatable bonds is 2. The third kappa shape index (κ3) is 4.34. The summed E-state index contributed by atoms with van der Waals surface area (Å²) in [5.41, 5.74) is 5.83. The largest absolute Gasteiger partial charge is 0.347 e. The Morgan fingerprint density at radius 2 is 1.83 bits per heavy atom. The molecule has 0 aliphatic heterocycles. The Kier molecular flexibility index (Phi) is 3.71. The number of nitrogens with two attached hydrogens (primary N) is 1. The van der Waals surface area contributed by atoms with Crippen molar-refractivity contribution < 1.29 is 4.79 Å². The van der Waals surface area contributed by atoms with Crippen LogP contribution < -0.4 is 5.73 Å². The summed E-state index contributed by atoms with van der Waals surface area (Å²) in [7, 11) is 3.45. The Hall–Kier alpha value is -0.570. The van der Waals surface area contributed by atoms with E-state index in [1.165, 1.54) is 4.90 Å². The fourth-order valence-electron chi connectivity index (χ4n) is 1.08. The molecular weight excluding hydrogens is 152 g/mol. The number of nitrogens with zero attached hydrogens (tertiary/aromatic N) is 1. The van der Waals surface area contributed by atoms with Crippen LogP contribution in [0.5, 0.6) is 0 Å². The first kappa shape index (κ1) is 11.4. The number of hydrogen-bond acceptors (Lipinski definition) is 2. The van der Waals surface area contributed by atoms with Gasteiger partial charge in [0, 0.05) is 14.1 Å². The molecule has 3 nitrogen and oxygen atoms in total. The van der Waals surface area contributed by atoms with Crippen molar-refractivity contribution in [1.82, 2.24) is 4.90 Å². The molecule has 0 aromatic rings. The highest BCUT2D eigenvalue weighted by molar-refractivity contribution is 5.81. The maximum absolute atomic E-state index is 11.3. The van der Waals surface area contributed by atoms with E-state index in [4.69, 9.17) is 5.73 Å². The number of carbonyl (C=O) groups is 1. The van der Waals surface area contributed by atoms with Gasteiger partial charge in [0.1, 0.15) is 0 Å². The number of hydrogen-bond donors (Lipinski definition) is 1. The van der Waals surface area contributed by atoms with Crippen molar-refractivity contribution in [3.8, 4) is 0 Å². The van der Waals surface area contributed by atoms with Crippen molar-refractivity contribution in [2.45, 2.75) is 33.2 Å². The Labute approximate surface area is 74.9 Å². The van der Waals surface area contributed by atoms with Crippen LogP contribution in [0, 0.1) is 5.41 Å². The summed E-state index contributed by atoms with van der Waals surface area (Å²) in [6.45, 7) is 6.24. The third-order valence-corrected chi connectivity index (χ3v) is 1.59. The minimum Gasteiger partial charge on any atom is -0.347 e. The highest BCUT2D eigenvalue weighted by Gasteiger charge is 2.22. The smallest absolute Gasteiger partial charge is 0.238 e. The van der Waals surface area contributed by atoms with E-state index in [1.807, 2.05) is 0 Å². The normalized spacial score (nSPS) is 14.2. The first-order valence-corrected chi connectivity index (χ1v) is 4.21. The van der Waals surface area contributed by atoms with Gasteiger partial charge in [0.2, 0.25) is 5.91 Å². The van der Waals surface area contributed by atoms with E-state index in [0.717, 1.165) is 6.42 Å². The Balaban J connectivity index is 4.05. The second-order valence-electron chi connectivity index (χ2n) is 4.60. The molecule has 0 saturated heterocycles. The summed E-state index contributed by atoms with van der Waals surface area (Å²) in [4.78, 5) is 12.9. The van der Waals surface area contributed by atoms with Crippen LogP contribution in [-0.2, 0) is 4.79 Å². The summed E-state index contributed by atoms with van der Waals surface area (Å²) in [5.74, 6) is 0.00456. The first-order chi connectivity index (χ1) is 5.24. The van der Waals surface area contributed by atoms with Gasteiger partial charge in [-0.3, -0.25) is 4.79 Å². The van der Waals surface area contributed by atoms with Crippen LogP contribution in [0.3, 0.4) is 0 Å². The second kappa shape index (κ2) is 3.90. The summed E-state index contributed by atoms with van der Waals surface area (Å²) >= 11 is 0. The van der Waals surface area contributed by atoms with Crippen molar-refractivity contribution >= 4 is 5.91 Å². The topological polar surface area (TPSA) is 46.3 Å². The molecule has 72 valence electrons. The van der Waals surface area contributed by atoms with E-state index in [-0.39, 0.29) is 17.4 Å². The number of amides is 1. The molecule has 1 atom stereocenters. The van der Waals surface area contributed by atoms with Gasteiger partial charge in [0.15, 0.2) is 0 Å². The van der Waals surface area contributed by atoms with Gasteiger partial charge < -0.3 is 10.6 Å². The molecule has 0 fully saturated rings. The monoisotopic (exact) mass is 172 g/mol. The summed E-state index contributed by atoms with van der Waals surface area (Å²) < 4.78 is 0. The molecule has 2 N–H and O–H groups in total. The Bertz CT molecular complexity index is 158. The minimum absolute atomic E-state index is 0.00456. The van der Waals surface area contributed by atoms with Crippen molar-refractivity contribution in [3.63, 3.8) is 0 Å². The van der Waals surface area contributed by atoms with E-state index < -0.39 is 0 Å². The molecule has 0 saturated carbocycles. The molecule has 0 rings (SSSR count). The lowest BCUT2D eigenvalue weighted by molar-refractivity contribution is -0.130. The van der Waals surface area contributed by atoms with E-state index in [1.54, 1.807) is 14.1 Å². The van der Waals surface area contributed by atoms with Gasteiger partial charge in [-0.2, -0.15) is 0 Å². The van der Waals surface area contributed by atoms with Crippen LogP contribution in [-0.4, -0.2) is 30.9 Å². The molecule has 0 aliphatic carbocycles. The molecule has 0 aromatic carbocycles. The maximum Gasteiger partial charge on any atom is 0.238 e. The van der Waals surface area contributed by atoms with Gasteiger partial charge in [-0.25, -0.2) is 0 Å². The molecule has 12 heavy (non-hydrogen) atoms. The van der Waals surface area contributed by atoms with Crippen molar-refractivity contribution in [3.05, 3.63) is 0 Å². The number of carbonyl (C=O) groups excluding carboxylic acids is 1. The van der Waals surface area contributed by atoms with Crippen molar-refractivity contribution in [1.29, 1.82) is 0 Å². The Morgan fingerprint density at radius 3 is 2.08 bits per heavy atom. The molecule has 0 heterocycles. The van der Waals surface area contributed by atoms with Gasteiger partial charge in [0.05, 0.1) is 6.04 Å². The average molecular weight is 172 g/mol. The molecule has 0 aliphatic rings. The molecule has 0 unspecified atom stereocenters. The van der Waals surface area contributed by atoms with Gasteiger partial charge in [-0.15, -0.1) is 0 Å². The van der Waals surface area contributed by atoms with Crippen LogP contribution in [0.4, 0.5) is 0 Å². The van der Waals surface area contributed by atoms with Crippen molar-refractivity contribution in [2.75, 3.05) is 14.1 Å². The van der Waals surface area contributed by atoms with Crippen LogP contribution in [0.25, 0.3) is 0 Å². The molecule has 0 aromatic heterocycles. The highest BCUT2D eigenvalue weighted by atomic mass is 16.2. The predicted octanol–water partition coefficient (Wildman–Crippen LogP) is 0.838. The second-order valence-corrected chi connectivity index (χ2v) is 4.60. The van der Waals surface area contributed by atoms with E-state index in [9.17, 15) is 4.79 Å². The molecule has 0 spiro atoms. The quantitative estimate of drug-likeness (QED) is 0.671. The molecule has 3 heteroatoms. The molecule has 0 bridgehead atoms. The van der Waals surface area contributed by atoms with Gasteiger partial charge in [-0.1, -0.05) is 20.8 Å². The summed E-state index contributed by atoms with van der Waals surface area (Å²) in [6.07, 6.45) is 0.726. The zero-order chi connectivity index (χ0) is 9.94. The van der Waals surface area contributed by atoms with E-state index >= 15 is 0 Å². The predicted molar refractivity (Wildman–Crippen MR) is 50.7 cm³/mol. The summed E-state index contributed by atoms with van der Waals surface area (Å²) in [6, 6.07) is -0.361. The molecule has 1 amide bonds.